The van der Waals surface area contributed by atoms with Crippen LogP contribution in [0.25, 0.3) is 0 Å². The van der Waals surface area contributed by atoms with E-state index in [4.69, 9.17) is 4.74 Å². The van der Waals surface area contributed by atoms with E-state index in [1.54, 1.807) is 0 Å². The van der Waals surface area contributed by atoms with Gasteiger partial charge in [-0.25, -0.2) is 0 Å². The lowest BCUT2D eigenvalue weighted by molar-refractivity contribution is -0.127. The van der Waals surface area contributed by atoms with E-state index >= 15 is 0 Å². The molecule has 1 heterocycles. The molecule has 21 heavy (non-hydrogen) atoms. The highest BCUT2D eigenvalue weighted by Crippen LogP contribution is 2.18. The van der Waals surface area contributed by atoms with Gasteiger partial charge in [-0.15, -0.1) is 0 Å². The van der Waals surface area contributed by atoms with Crippen molar-refractivity contribution in [2.24, 2.45) is 5.92 Å². The van der Waals surface area contributed by atoms with E-state index in [-0.39, 0.29) is 23.5 Å². The van der Waals surface area contributed by atoms with Crippen LogP contribution in [-0.4, -0.2) is 59.9 Å². The van der Waals surface area contributed by atoms with Crippen LogP contribution in [0.4, 0.5) is 0 Å². The average molecular weight is 300 g/mol. The first-order valence-electron chi connectivity index (χ1n) is 8.02. The van der Waals surface area contributed by atoms with E-state index in [0.717, 1.165) is 25.9 Å². The lowest BCUT2D eigenvalue weighted by Gasteiger charge is -2.33. The van der Waals surface area contributed by atoms with Gasteiger partial charge in [-0.3, -0.25) is 4.79 Å². The molecule has 1 aliphatic rings. The summed E-state index contributed by atoms with van der Waals surface area (Å²) < 4.78 is 5.59. The van der Waals surface area contributed by atoms with Gasteiger partial charge in [-0.05, 0) is 60.5 Å². The van der Waals surface area contributed by atoms with Gasteiger partial charge < -0.3 is 20.1 Å². The number of rotatable bonds is 6. The van der Waals surface area contributed by atoms with Crippen LogP contribution in [0, 0.1) is 5.92 Å². The largest absolute Gasteiger partial charge is 0.389 e. The molecular formula is C16H32N2O3. The summed E-state index contributed by atoms with van der Waals surface area (Å²) in [4.78, 5) is 14.2. The van der Waals surface area contributed by atoms with Crippen LogP contribution in [0.5, 0.6) is 0 Å². The van der Waals surface area contributed by atoms with Gasteiger partial charge >= 0.3 is 0 Å². The average Bonchev–Trinajstić information content (AvgIpc) is 2.35. The predicted octanol–water partition coefficient (Wildman–Crippen LogP) is 1.40. The molecule has 1 unspecified atom stereocenters. The number of nitrogens with one attached hydrogen (secondary N) is 1. The number of carbonyl (C=O) groups is 1. The minimum atomic E-state index is -0.467. The first-order chi connectivity index (χ1) is 9.67. The smallest absolute Gasteiger partial charge is 0.223 e. The van der Waals surface area contributed by atoms with E-state index < -0.39 is 6.10 Å². The van der Waals surface area contributed by atoms with Gasteiger partial charge in [0, 0.05) is 18.5 Å². The van der Waals surface area contributed by atoms with Crippen molar-refractivity contribution in [3.63, 3.8) is 0 Å². The Balaban J connectivity index is 2.25. The van der Waals surface area contributed by atoms with Crippen LogP contribution in [0.1, 0.15) is 47.5 Å². The Morgan fingerprint density at radius 3 is 2.38 bits per heavy atom. The molecule has 0 spiro atoms. The molecule has 0 bridgehead atoms. The number of likely N-dealkylation sites (tertiary alicyclic amines) is 1. The third-order valence-corrected chi connectivity index (χ3v) is 3.57. The maximum absolute atomic E-state index is 12.0. The molecule has 5 heteroatoms. The first-order valence-corrected chi connectivity index (χ1v) is 8.02. The molecule has 0 saturated carbocycles. The number of β-amino-alcohol motifs (C(OH)–C–C–N with tert-alkyl or cyclic N) is 1. The summed E-state index contributed by atoms with van der Waals surface area (Å²) in [5.74, 6) is 0.285. The highest BCUT2D eigenvalue weighted by atomic mass is 16.5. The Morgan fingerprint density at radius 1 is 1.33 bits per heavy atom. The van der Waals surface area contributed by atoms with Crippen molar-refractivity contribution in [1.82, 2.24) is 10.2 Å². The van der Waals surface area contributed by atoms with Crippen LogP contribution < -0.4 is 5.32 Å². The number of nitrogens with zero attached hydrogens (tertiary/aromatic N) is 1. The molecule has 124 valence electrons. The highest BCUT2D eigenvalue weighted by molar-refractivity contribution is 5.78. The van der Waals surface area contributed by atoms with Crippen LogP contribution in [0.15, 0.2) is 0 Å². The van der Waals surface area contributed by atoms with Crippen LogP contribution >= 0.6 is 0 Å². The van der Waals surface area contributed by atoms with Gasteiger partial charge in [0.25, 0.3) is 0 Å². The summed E-state index contributed by atoms with van der Waals surface area (Å²) in [5, 5.41) is 13.0. The Hall–Kier alpha value is -0.650. The molecule has 0 aliphatic carbocycles. The number of hydrogen-bond acceptors (Lipinski definition) is 4. The van der Waals surface area contributed by atoms with Crippen LogP contribution in [0.2, 0.25) is 0 Å². The zero-order chi connectivity index (χ0) is 16.0. The fourth-order valence-electron chi connectivity index (χ4n) is 2.48. The van der Waals surface area contributed by atoms with E-state index in [0.29, 0.717) is 13.2 Å². The number of ether oxygens (including phenoxy) is 1. The van der Waals surface area contributed by atoms with Crippen molar-refractivity contribution >= 4 is 5.91 Å². The van der Waals surface area contributed by atoms with Crippen molar-refractivity contribution in [3.8, 4) is 0 Å². The zero-order valence-electron chi connectivity index (χ0n) is 14.2. The van der Waals surface area contributed by atoms with E-state index in [9.17, 15) is 9.90 Å². The normalized spacial score (nSPS) is 19.8. The van der Waals surface area contributed by atoms with Gasteiger partial charge in [-0.2, -0.15) is 0 Å². The van der Waals surface area contributed by atoms with Gasteiger partial charge in [0.1, 0.15) is 0 Å². The van der Waals surface area contributed by atoms with Crippen LogP contribution in [0.3, 0.4) is 0 Å². The van der Waals surface area contributed by atoms with Crippen molar-refractivity contribution in [2.45, 2.75) is 65.2 Å². The molecule has 1 aliphatic heterocycles. The van der Waals surface area contributed by atoms with Crippen molar-refractivity contribution in [1.29, 1.82) is 0 Å². The monoisotopic (exact) mass is 300 g/mol. The Bertz CT molecular complexity index is 318. The molecular weight excluding hydrogens is 268 g/mol. The Morgan fingerprint density at radius 2 is 1.90 bits per heavy atom. The SMILES string of the molecule is CC(C)NC(=O)C1CCN(CC(O)COC(C)(C)C)CC1. The number of piperidine rings is 1. The van der Waals surface area contributed by atoms with Crippen LogP contribution in [-0.2, 0) is 9.53 Å². The summed E-state index contributed by atoms with van der Waals surface area (Å²) in [7, 11) is 0. The van der Waals surface area contributed by atoms with Crippen molar-refractivity contribution < 1.29 is 14.6 Å². The second-order valence-corrected chi connectivity index (χ2v) is 7.32. The Labute approximate surface area is 129 Å². The number of aliphatic hydroxyl groups excluding tert-OH is 1. The topological polar surface area (TPSA) is 61.8 Å². The molecule has 1 fully saturated rings. The van der Waals surface area contributed by atoms with Gasteiger partial charge in [-0.1, -0.05) is 0 Å². The second-order valence-electron chi connectivity index (χ2n) is 7.32. The molecule has 0 radical (unpaired) electrons. The standard InChI is InChI=1S/C16H32N2O3/c1-12(2)17-15(20)13-6-8-18(9-7-13)10-14(19)11-21-16(3,4)5/h12-14,19H,6-11H2,1-5H3,(H,17,20). The summed E-state index contributed by atoms with van der Waals surface area (Å²) in [6.45, 7) is 12.6. The van der Waals surface area contributed by atoms with Crippen molar-refractivity contribution in [3.05, 3.63) is 0 Å². The molecule has 1 rings (SSSR count). The summed E-state index contributed by atoms with van der Waals surface area (Å²) in [6, 6.07) is 0.201. The summed E-state index contributed by atoms with van der Waals surface area (Å²) in [5.41, 5.74) is -0.219. The quantitative estimate of drug-likeness (QED) is 0.778. The molecule has 5 nitrogen and oxygen atoms in total. The molecule has 0 aromatic heterocycles. The van der Waals surface area contributed by atoms with E-state index in [1.165, 1.54) is 0 Å². The summed E-state index contributed by atoms with van der Waals surface area (Å²) >= 11 is 0. The fraction of sp³-hybridized carbons (Fsp3) is 0.938. The number of carbonyl (C=O) groups excluding carboxylic acids is 1. The second kappa shape index (κ2) is 8.11. The molecule has 0 aromatic rings. The lowest BCUT2D eigenvalue weighted by Crippen LogP contribution is -2.45. The minimum absolute atomic E-state index is 0.117. The third-order valence-electron chi connectivity index (χ3n) is 3.57. The summed E-state index contributed by atoms with van der Waals surface area (Å²) in [6.07, 6.45) is 1.27. The third kappa shape index (κ3) is 7.79. The van der Waals surface area contributed by atoms with Crippen molar-refractivity contribution in [2.75, 3.05) is 26.2 Å². The lowest BCUT2D eigenvalue weighted by atomic mass is 9.95. The highest BCUT2D eigenvalue weighted by Gasteiger charge is 2.26. The number of amides is 1. The van der Waals surface area contributed by atoms with Gasteiger partial charge in [0.2, 0.25) is 5.91 Å². The van der Waals surface area contributed by atoms with Gasteiger partial charge in [0.05, 0.1) is 18.3 Å². The fourth-order valence-corrected chi connectivity index (χ4v) is 2.48. The van der Waals surface area contributed by atoms with Gasteiger partial charge in [0.15, 0.2) is 0 Å². The number of hydrogen-bond donors (Lipinski definition) is 2. The zero-order valence-corrected chi connectivity index (χ0v) is 14.2. The minimum Gasteiger partial charge on any atom is -0.389 e. The van der Waals surface area contributed by atoms with E-state index in [1.807, 2.05) is 34.6 Å². The molecule has 1 amide bonds. The first kappa shape index (κ1) is 18.4. The molecule has 0 aromatic carbocycles. The molecule has 1 atom stereocenters. The van der Waals surface area contributed by atoms with E-state index in [2.05, 4.69) is 10.2 Å². The number of aliphatic hydroxyl groups is 1. The molecule has 2 N–H and O–H groups in total. The Kier molecular flexibility index (Phi) is 7.10. The maximum atomic E-state index is 12.0. The molecule has 1 saturated heterocycles. The maximum Gasteiger partial charge on any atom is 0.223 e. The predicted molar refractivity (Wildman–Crippen MR) is 84.2 cm³/mol.